The van der Waals surface area contributed by atoms with Crippen LogP contribution in [0, 0.1) is 0 Å². The number of allylic oxidation sites excluding steroid dienone is 6. The highest BCUT2D eigenvalue weighted by Crippen LogP contribution is 2.43. The molecule has 0 rings (SSSR count). The summed E-state index contributed by atoms with van der Waals surface area (Å²) in [7, 11) is -4.39. The molecule has 0 radical (unpaired) electrons. The van der Waals surface area contributed by atoms with Crippen LogP contribution < -0.4 is 5.73 Å². The number of ether oxygens (including phenoxy) is 2. The van der Waals surface area contributed by atoms with Crippen LogP contribution in [0.3, 0.4) is 0 Å². The maximum absolute atomic E-state index is 12.7. The molecule has 0 amide bonds. The monoisotopic (exact) mass is 1020 g/mol. The molecule has 0 fully saturated rings. The maximum Gasteiger partial charge on any atom is 0.472 e. The van der Waals surface area contributed by atoms with Crippen LogP contribution in [0.25, 0.3) is 0 Å². The Kier molecular flexibility index (Phi) is 56.1. The van der Waals surface area contributed by atoms with E-state index in [-0.39, 0.29) is 38.6 Å². The molecule has 0 aliphatic rings. The van der Waals surface area contributed by atoms with E-state index < -0.39 is 26.5 Å². The highest BCUT2D eigenvalue weighted by molar-refractivity contribution is 7.47. The van der Waals surface area contributed by atoms with Crippen LogP contribution in [0.2, 0.25) is 0 Å². The number of hydrogen-bond acceptors (Lipinski definition) is 8. The van der Waals surface area contributed by atoms with E-state index in [2.05, 4.69) is 50.3 Å². The second-order valence-corrected chi connectivity index (χ2v) is 22.0. The molecule has 71 heavy (non-hydrogen) atoms. The zero-order chi connectivity index (χ0) is 51.7. The second-order valence-electron chi connectivity index (χ2n) is 20.6. The van der Waals surface area contributed by atoms with E-state index in [9.17, 15) is 19.0 Å². The standard InChI is InChI=1S/C61H116NO8P/c1-3-5-7-9-11-13-15-17-19-21-23-24-25-26-27-28-29-30-31-32-33-34-36-37-39-41-43-45-47-49-51-53-60(63)67-57-59(58-69-71(65,66)68-56-55-62)70-61(64)54-52-50-48-46-44-42-40-38-35-22-20-18-16-14-12-10-8-6-4-2/h12,14,18,20,35,38,59H,3-11,13,15-17,19,21-34,36-37,39-58,62H2,1-2H3,(H,65,66)/b14-12-,20-18-,38-35-. The molecule has 9 nitrogen and oxygen atoms in total. The van der Waals surface area contributed by atoms with Gasteiger partial charge >= 0.3 is 19.8 Å². The molecule has 0 saturated carbocycles. The summed E-state index contributed by atoms with van der Waals surface area (Å²) in [5.41, 5.74) is 5.38. The molecule has 418 valence electrons. The number of rotatable bonds is 58. The van der Waals surface area contributed by atoms with Gasteiger partial charge < -0.3 is 20.1 Å². The molecule has 0 saturated heterocycles. The molecule has 10 heteroatoms. The van der Waals surface area contributed by atoms with Gasteiger partial charge in [-0.25, -0.2) is 4.57 Å². The molecular formula is C61H116NO8P. The van der Waals surface area contributed by atoms with E-state index in [1.54, 1.807) is 0 Å². The molecular weight excluding hydrogens is 906 g/mol. The Hall–Kier alpha value is -1.77. The second kappa shape index (κ2) is 57.5. The minimum absolute atomic E-state index is 0.0519. The Balaban J connectivity index is 3.87. The molecule has 2 atom stereocenters. The normalized spacial score (nSPS) is 13.2. The van der Waals surface area contributed by atoms with Crippen LogP contribution in [-0.4, -0.2) is 49.3 Å². The fraction of sp³-hybridized carbons (Fsp3) is 0.869. The van der Waals surface area contributed by atoms with Crippen molar-refractivity contribution in [2.24, 2.45) is 5.73 Å². The van der Waals surface area contributed by atoms with Crippen LogP contribution >= 0.6 is 7.82 Å². The van der Waals surface area contributed by atoms with Gasteiger partial charge in [-0.1, -0.05) is 281 Å². The number of carbonyl (C=O) groups is 2. The lowest BCUT2D eigenvalue weighted by atomic mass is 10.0. The van der Waals surface area contributed by atoms with Crippen LogP contribution in [0.15, 0.2) is 36.5 Å². The van der Waals surface area contributed by atoms with Gasteiger partial charge in [0.05, 0.1) is 13.2 Å². The number of nitrogens with two attached hydrogens (primary N) is 1. The van der Waals surface area contributed by atoms with Gasteiger partial charge in [-0.05, 0) is 51.4 Å². The van der Waals surface area contributed by atoms with Gasteiger partial charge in [0.2, 0.25) is 0 Å². The summed E-state index contributed by atoms with van der Waals surface area (Å²) in [4.78, 5) is 35.2. The first-order chi connectivity index (χ1) is 34.8. The smallest absolute Gasteiger partial charge is 0.462 e. The predicted molar refractivity (Wildman–Crippen MR) is 303 cm³/mol. The number of phosphoric ester groups is 1. The van der Waals surface area contributed by atoms with E-state index in [4.69, 9.17) is 24.3 Å². The molecule has 3 N–H and O–H groups in total. The maximum atomic E-state index is 12.7. The average Bonchev–Trinajstić information content (AvgIpc) is 3.36. The van der Waals surface area contributed by atoms with Gasteiger partial charge in [0.15, 0.2) is 6.10 Å². The molecule has 0 heterocycles. The first-order valence-corrected chi connectivity index (χ1v) is 32.0. The Bertz CT molecular complexity index is 1260. The topological polar surface area (TPSA) is 134 Å². The van der Waals surface area contributed by atoms with Gasteiger partial charge in [-0.15, -0.1) is 0 Å². The Morgan fingerprint density at radius 3 is 1.11 bits per heavy atom. The lowest BCUT2D eigenvalue weighted by molar-refractivity contribution is -0.161. The SMILES string of the molecule is CCCCC/C=C\C/C=C\C/C=C\CCCCCCCCC(=O)OC(COC(=O)CCCCCCCCCCCCCCCCCCCCCCCCCCCCCCCCC)COP(=O)(O)OCCN. The fourth-order valence-electron chi connectivity index (χ4n) is 9.00. The summed E-state index contributed by atoms with van der Waals surface area (Å²) in [5.74, 6) is -0.828. The van der Waals surface area contributed by atoms with Crippen molar-refractivity contribution in [3.8, 4) is 0 Å². The van der Waals surface area contributed by atoms with Crippen molar-refractivity contribution >= 4 is 19.8 Å². The van der Waals surface area contributed by atoms with E-state index in [0.29, 0.717) is 6.42 Å². The quantitative estimate of drug-likeness (QED) is 0.0264. The van der Waals surface area contributed by atoms with Crippen LogP contribution in [0.1, 0.15) is 309 Å². The van der Waals surface area contributed by atoms with Crippen molar-refractivity contribution < 1.29 is 37.6 Å². The largest absolute Gasteiger partial charge is 0.472 e. The van der Waals surface area contributed by atoms with Gasteiger partial charge in [0.25, 0.3) is 0 Å². The Labute approximate surface area is 439 Å². The lowest BCUT2D eigenvalue weighted by Crippen LogP contribution is -2.29. The summed E-state index contributed by atoms with van der Waals surface area (Å²) in [6.45, 7) is 3.75. The molecule has 0 aromatic heterocycles. The highest BCUT2D eigenvalue weighted by atomic mass is 31.2. The van der Waals surface area contributed by atoms with E-state index in [0.717, 1.165) is 70.6 Å². The summed E-state index contributed by atoms with van der Waals surface area (Å²) < 4.78 is 33.0. The summed E-state index contributed by atoms with van der Waals surface area (Å²) in [6.07, 6.45) is 69.3. The number of hydrogen-bond donors (Lipinski definition) is 2. The highest BCUT2D eigenvalue weighted by Gasteiger charge is 2.26. The van der Waals surface area contributed by atoms with Crippen molar-refractivity contribution in [2.45, 2.75) is 315 Å². The molecule has 2 unspecified atom stereocenters. The van der Waals surface area contributed by atoms with Crippen molar-refractivity contribution in [2.75, 3.05) is 26.4 Å². The van der Waals surface area contributed by atoms with Crippen molar-refractivity contribution in [1.82, 2.24) is 0 Å². The summed E-state index contributed by atoms with van der Waals surface area (Å²) >= 11 is 0. The first-order valence-electron chi connectivity index (χ1n) is 30.5. The molecule has 0 aliphatic carbocycles. The minimum atomic E-state index is -4.39. The Morgan fingerprint density at radius 1 is 0.423 bits per heavy atom. The van der Waals surface area contributed by atoms with Crippen LogP contribution in [-0.2, 0) is 32.7 Å². The van der Waals surface area contributed by atoms with Crippen molar-refractivity contribution in [1.29, 1.82) is 0 Å². The number of carbonyl (C=O) groups excluding carboxylic acids is 2. The molecule has 0 bridgehead atoms. The molecule has 0 aromatic carbocycles. The predicted octanol–water partition coefficient (Wildman–Crippen LogP) is 19.2. The summed E-state index contributed by atoms with van der Waals surface area (Å²) in [6, 6.07) is 0. The van der Waals surface area contributed by atoms with E-state index in [1.807, 2.05) is 0 Å². The third-order valence-corrected chi connectivity index (χ3v) is 14.5. The molecule has 0 spiro atoms. The van der Waals surface area contributed by atoms with Crippen LogP contribution in [0.4, 0.5) is 0 Å². The molecule has 0 aliphatic heterocycles. The minimum Gasteiger partial charge on any atom is -0.462 e. The zero-order valence-corrected chi connectivity index (χ0v) is 47.6. The van der Waals surface area contributed by atoms with Gasteiger partial charge in [0.1, 0.15) is 6.61 Å². The van der Waals surface area contributed by atoms with E-state index >= 15 is 0 Å². The first kappa shape index (κ1) is 69.2. The van der Waals surface area contributed by atoms with Gasteiger partial charge in [0, 0.05) is 19.4 Å². The van der Waals surface area contributed by atoms with Crippen molar-refractivity contribution in [3.63, 3.8) is 0 Å². The van der Waals surface area contributed by atoms with Crippen LogP contribution in [0.5, 0.6) is 0 Å². The van der Waals surface area contributed by atoms with Crippen molar-refractivity contribution in [3.05, 3.63) is 36.5 Å². The number of phosphoric acid groups is 1. The number of esters is 2. The zero-order valence-electron chi connectivity index (χ0n) is 46.7. The molecule has 0 aromatic rings. The van der Waals surface area contributed by atoms with Gasteiger partial charge in [-0.3, -0.25) is 18.6 Å². The fourth-order valence-corrected chi connectivity index (χ4v) is 9.76. The number of unbranched alkanes of at least 4 members (excludes halogenated alkanes) is 39. The average molecular weight is 1020 g/mol. The third kappa shape index (κ3) is 57.4. The summed E-state index contributed by atoms with van der Waals surface area (Å²) in [5, 5.41) is 0. The van der Waals surface area contributed by atoms with Gasteiger partial charge in [-0.2, -0.15) is 0 Å². The third-order valence-electron chi connectivity index (χ3n) is 13.5. The lowest BCUT2D eigenvalue weighted by Gasteiger charge is -2.19. The van der Waals surface area contributed by atoms with E-state index in [1.165, 1.54) is 205 Å². The Morgan fingerprint density at radius 2 is 0.732 bits per heavy atom.